The Kier molecular flexibility index (Phi) is 9.64. The van der Waals surface area contributed by atoms with Gasteiger partial charge in [-0.05, 0) is 57.7 Å². The van der Waals surface area contributed by atoms with Gasteiger partial charge >= 0.3 is 17.9 Å². The van der Waals surface area contributed by atoms with Gasteiger partial charge in [0.1, 0.15) is 5.82 Å². The minimum atomic E-state index is -2.32. The zero-order chi connectivity index (χ0) is 27.3. The van der Waals surface area contributed by atoms with Gasteiger partial charge in [-0.1, -0.05) is 43.1 Å². The number of halogens is 2. The molecule has 0 saturated heterocycles. The summed E-state index contributed by atoms with van der Waals surface area (Å²) >= 11 is 12.4. The van der Waals surface area contributed by atoms with E-state index in [0.29, 0.717) is 41.5 Å². The first-order valence-corrected chi connectivity index (χ1v) is 13.4. The van der Waals surface area contributed by atoms with Crippen molar-refractivity contribution in [3.05, 3.63) is 51.0 Å². The molecule has 0 aliphatic heterocycles. The number of ether oxygens (including phenoxy) is 3. The van der Waals surface area contributed by atoms with Gasteiger partial charge in [-0.15, -0.1) is 0 Å². The summed E-state index contributed by atoms with van der Waals surface area (Å²) in [5, 5.41) is 0.848. The van der Waals surface area contributed by atoms with Crippen LogP contribution in [-0.2, 0) is 41.6 Å². The Labute approximate surface area is 227 Å². The number of aryl methyl sites for hydroxylation is 1. The Morgan fingerprint density at radius 3 is 2.05 bits per heavy atom. The lowest BCUT2D eigenvalue weighted by Gasteiger charge is -2.37. The summed E-state index contributed by atoms with van der Waals surface area (Å²) < 4.78 is 18.0. The Morgan fingerprint density at radius 1 is 1.00 bits per heavy atom. The van der Waals surface area contributed by atoms with E-state index in [1.54, 1.807) is 32.9 Å². The molecule has 0 fully saturated rings. The van der Waals surface area contributed by atoms with Crippen LogP contribution in [0.3, 0.4) is 0 Å². The molecule has 1 heterocycles. The third kappa shape index (κ3) is 5.50. The zero-order valence-corrected chi connectivity index (χ0v) is 23.4. The van der Waals surface area contributed by atoms with Gasteiger partial charge in [0.2, 0.25) is 0 Å². The molecule has 8 nitrogen and oxygen atoms in total. The summed E-state index contributed by atoms with van der Waals surface area (Å²) in [7, 11) is 0. The van der Waals surface area contributed by atoms with E-state index in [9.17, 15) is 14.4 Å². The van der Waals surface area contributed by atoms with Gasteiger partial charge in [0, 0.05) is 24.1 Å². The molecule has 3 rings (SSSR count). The van der Waals surface area contributed by atoms with Crippen LogP contribution in [0, 0.1) is 5.41 Å². The van der Waals surface area contributed by atoms with E-state index >= 15 is 0 Å². The Bertz CT molecular complexity index is 1110. The summed E-state index contributed by atoms with van der Waals surface area (Å²) in [4.78, 5) is 45.8. The molecule has 1 atom stereocenters. The quantitative estimate of drug-likeness (QED) is 0.219. The van der Waals surface area contributed by atoms with Crippen molar-refractivity contribution in [2.75, 3.05) is 19.8 Å². The molecule has 0 N–H and O–H groups in total. The molecule has 1 aromatic heterocycles. The fraction of sp³-hybridized carbons (Fsp3) is 0.556. The smallest absolute Gasteiger partial charge is 0.335 e. The van der Waals surface area contributed by atoms with Gasteiger partial charge in [-0.2, -0.15) is 0 Å². The SMILES string of the molecule is CCOC(=O)C(C(=O)OCC)(C(=O)OCC)C1CCCc2nc(C(C)C)n(Cc3ccc(Cl)c(Cl)c3)c21. The second-order valence-corrected chi connectivity index (χ2v) is 10.0. The van der Waals surface area contributed by atoms with Crippen LogP contribution >= 0.6 is 23.2 Å². The van der Waals surface area contributed by atoms with Crippen LogP contribution in [0.2, 0.25) is 10.0 Å². The predicted molar refractivity (Wildman–Crippen MR) is 140 cm³/mol. The van der Waals surface area contributed by atoms with Crippen molar-refractivity contribution < 1.29 is 28.6 Å². The number of fused-ring (bicyclic) bond motifs is 1. The number of nitrogens with zero attached hydrogens (tertiary/aromatic N) is 2. The number of aromatic nitrogens is 2. The van der Waals surface area contributed by atoms with Crippen molar-refractivity contribution >= 4 is 41.1 Å². The van der Waals surface area contributed by atoms with Crippen LogP contribution in [0.5, 0.6) is 0 Å². The highest BCUT2D eigenvalue weighted by Crippen LogP contribution is 2.48. The van der Waals surface area contributed by atoms with Crippen LogP contribution in [0.1, 0.15) is 82.1 Å². The van der Waals surface area contributed by atoms with E-state index in [2.05, 4.69) is 0 Å². The van der Waals surface area contributed by atoms with Crippen LogP contribution in [0.4, 0.5) is 0 Å². The number of esters is 3. The fourth-order valence-corrected chi connectivity index (χ4v) is 5.30. The maximum Gasteiger partial charge on any atom is 0.335 e. The molecule has 0 spiro atoms. The molecule has 1 aromatic carbocycles. The topological polar surface area (TPSA) is 96.7 Å². The second-order valence-electron chi connectivity index (χ2n) is 9.21. The molecule has 1 aliphatic rings. The molecule has 0 amide bonds. The molecule has 10 heteroatoms. The van der Waals surface area contributed by atoms with Gasteiger partial charge in [-0.3, -0.25) is 14.4 Å². The van der Waals surface area contributed by atoms with Crippen molar-refractivity contribution in [3.63, 3.8) is 0 Å². The first-order chi connectivity index (χ1) is 17.6. The van der Waals surface area contributed by atoms with Crippen molar-refractivity contribution in [3.8, 4) is 0 Å². The average molecular weight is 553 g/mol. The number of carbonyl (C=O) groups is 3. The number of rotatable bonds is 10. The highest BCUT2D eigenvalue weighted by molar-refractivity contribution is 6.42. The number of benzene rings is 1. The fourth-order valence-electron chi connectivity index (χ4n) is 4.98. The third-order valence-electron chi connectivity index (χ3n) is 6.50. The van der Waals surface area contributed by atoms with Crippen molar-refractivity contribution in [2.24, 2.45) is 5.41 Å². The maximum atomic E-state index is 13.6. The summed E-state index contributed by atoms with van der Waals surface area (Å²) in [6.07, 6.45) is 1.64. The number of hydrogen-bond acceptors (Lipinski definition) is 7. The van der Waals surface area contributed by atoms with Gasteiger partial charge < -0.3 is 18.8 Å². The van der Waals surface area contributed by atoms with Crippen molar-refractivity contribution in [1.82, 2.24) is 9.55 Å². The van der Waals surface area contributed by atoms with E-state index in [-0.39, 0.29) is 25.7 Å². The highest BCUT2D eigenvalue weighted by Gasteiger charge is 2.64. The van der Waals surface area contributed by atoms with Crippen LogP contribution in [0.25, 0.3) is 0 Å². The van der Waals surface area contributed by atoms with Gasteiger partial charge in [-0.25, -0.2) is 4.98 Å². The van der Waals surface area contributed by atoms with Crippen molar-refractivity contribution in [2.45, 2.75) is 72.3 Å². The van der Waals surface area contributed by atoms with E-state index in [1.165, 1.54) is 0 Å². The molecule has 2 aromatic rings. The third-order valence-corrected chi connectivity index (χ3v) is 7.24. The Hall–Kier alpha value is -2.58. The van der Waals surface area contributed by atoms with E-state index in [0.717, 1.165) is 17.1 Å². The number of hydrogen-bond donors (Lipinski definition) is 0. The molecule has 0 bridgehead atoms. The molecule has 0 radical (unpaired) electrons. The zero-order valence-electron chi connectivity index (χ0n) is 21.9. The molecular weight excluding hydrogens is 519 g/mol. The molecule has 1 unspecified atom stereocenters. The van der Waals surface area contributed by atoms with Gasteiger partial charge in [0.15, 0.2) is 0 Å². The van der Waals surface area contributed by atoms with E-state index < -0.39 is 29.2 Å². The number of imidazole rings is 1. The minimum absolute atomic E-state index is 0.0151. The largest absolute Gasteiger partial charge is 0.465 e. The van der Waals surface area contributed by atoms with E-state index in [1.807, 2.05) is 24.5 Å². The summed E-state index contributed by atoms with van der Waals surface area (Å²) in [5.74, 6) is -3.02. The standard InChI is InChI=1S/C27H34Cl2N2O6/c1-6-35-24(32)27(25(33)36-7-2,26(34)37-8-3)18-10-9-11-21-22(18)31(23(30-21)16(4)5)15-17-12-13-19(28)20(29)14-17/h12-14,16,18H,6-11,15H2,1-5H3. The lowest BCUT2D eigenvalue weighted by molar-refractivity contribution is -0.186. The molecule has 37 heavy (non-hydrogen) atoms. The lowest BCUT2D eigenvalue weighted by Crippen LogP contribution is -2.54. The average Bonchev–Trinajstić information content (AvgIpc) is 3.22. The minimum Gasteiger partial charge on any atom is -0.465 e. The van der Waals surface area contributed by atoms with Crippen LogP contribution in [0.15, 0.2) is 18.2 Å². The predicted octanol–water partition coefficient (Wildman–Crippen LogP) is 5.46. The first-order valence-electron chi connectivity index (χ1n) is 12.7. The summed E-state index contributed by atoms with van der Waals surface area (Å²) in [6, 6.07) is 5.35. The van der Waals surface area contributed by atoms with E-state index in [4.69, 9.17) is 42.4 Å². The summed E-state index contributed by atoms with van der Waals surface area (Å²) in [5.41, 5.74) is -0.0896. The molecule has 1 aliphatic carbocycles. The monoisotopic (exact) mass is 552 g/mol. The normalized spacial score (nSPS) is 15.3. The first kappa shape index (κ1) is 29.0. The Morgan fingerprint density at radius 2 is 1.57 bits per heavy atom. The van der Waals surface area contributed by atoms with Crippen LogP contribution in [-0.4, -0.2) is 47.3 Å². The van der Waals surface area contributed by atoms with Crippen LogP contribution < -0.4 is 0 Å². The number of carbonyl (C=O) groups excluding carboxylic acids is 3. The molecule has 202 valence electrons. The second kappa shape index (κ2) is 12.3. The Balaban J connectivity index is 2.30. The molecular formula is C27H34Cl2N2O6. The van der Waals surface area contributed by atoms with Gasteiger partial charge in [0.25, 0.3) is 5.41 Å². The van der Waals surface area contributed by atoms with Gasteiger partial charge in [0.05, 0.1) is 35.6 Å². The maximum absolute atomic E-state index is 13.6. The van der Waals surface area contributed by atoms with Crippen molar-refractivity contribution in [1.29, 1.82) is 0 Å². The highest BCUT2D eigenvalue weighted by atomic mass is 35.5. The molecule has 0 saturated carbocycles. The lowest BCUT2D eigenvalue weighted by atomic mass is 9.68. The summed E-state index contributed by atoms with van der Waals surface area (Å²) in [6.45, 7) is 9.21.